The van der Waals surface area contributed by atoms with Gasteiger partial charge in [-0.2, -0.15) is 5.26 Å². The second-order valence-corrected chi connectivity index (χ2v) is 8.31. The monoisotopic (exact) mass is 483 g/mol. The molecule has 0 saturated heterocycles. The molecule has 2 aromatic heterocycles. The van der Waals surface area contributed by atoms with E-state index in [-0.39, 0.29) is 12.0 Å². The maximum atomic E-state index is 12.6. The average Bonchev–Trinajstić information content (AvgIpc) is 3.11. The molecule has 0 aliphatic carbocycles. The van der Waals surface area contributed by atoms with Crippen LogP contribution in [0.1, 0.15) is 35.5 Å². The molecule has 0 atom stereocenters. The van der Waals surface area contributed by atoms with Gasteiger partial charge in [0.2, 0.25) is 0 Å². The molecule has 0 fully saturated rings. The predicted molar refractivity (Wildman–Crippen MR) is 135 cm³/mol. The van der Waals surface area contributed by atoms with Crippen molar-refractivity contribution in [3.63, 3.8) is 0 Å². The highest BCUT2D eigenvalue weighted by Gasteiger charge is 2.21. The summed E-state index contributed by atoms with van der Waals surface area (Å²) in [6, 6.07) is 18.6. The number of esters is 1. The lowest BCUT2D eigenvalue weighted by Gasteiger charge is -2.13. The number of rotatable bonds is 8. The summed E-state index contributed by atoms with van der Waals surface area (Å²) in [5.74, 6) is -0.263. The SMILES string of the molecule is Cc1c(C#N)c(NC(=O)COC(=O)CCCc2nc3ccccc3c(=O)[nH]2)n(-c2ccccc2)c1C. The first-order valence-electron chi connectivity index (χ1n) is 11.5. The number of ether oxygens (including phenoxy) is 1. The molecule has 2 N–H and O–H groups in total. The van der Waals surface area contributed by atoms with Crippen LogP contribution in [-0.4, -0.2) is 33.0 Å². The molecular formula is C27H25N5O4. The fourth-order valence-electron chi connectivity index (χ4n) is 4.00. The van der Waals surface area contributed by atoms with Crippen molar-refractivity contribution >= 4 is 28.6 Å². The number of hydrogen-bond donors (Lipinski definition) is 2. The topological polar surface area (TPSA) is 130 Å². The number of amides is 1. The van der Waals surface area contributed by atoms with Crippen molar-refractivity contribution in [3.8, 4) is 11.8 Å². The second-order valence-electron chi connectivity index (χ2n) is 8.31. The third-order valence-electron chi connectivity index (χ3n) is 5.92. The standard InChI is InChI=1S/C27H25N5O4/c1-17-18(2)32(19-9-4-3-5-10-19)26(21(17)15-28)31-24(33)16-36-25(34)14-8-13-23-29-22-12-7-6-11-20(22)27(35)30-23/h3-7,9-12H,8,13-14,16H2,1-2H3,(H,31,33)(H,29,30,35). The summed E-state index contributed by atoms with van der Waals surface area (Å²) in [6.07, 6.45) is 0.845. The van der Waals surface area contributed by atoms with Crippen LogP contribution in [0.3, 0.4) is 0 Å². The molecule has 36 heavy (non-hydrogen) atoms. The predicted octanol–water partition coefficient (Wildman–Crippen LogP) is 3.71. The number of carbonyl (C=O) groups excluding carboxylic acids is 2. The lowest BCUT2D eigenvalue weighted by molar-refractivity contribution is -0.147. The molecule has 0 spiro atoms. The lowest BCUT2D eigenvalue weighted by atomic mass is 10.2. The fourth-order valence-corrected chi connectivity index (χ4v) is 4.00. The third kappa shape index (κ3) is 5.18. The van der Waals surface area contributed by atoms with Crippen LogP contribution < -0.4 is 10.9 Å². The summed E-state index contributed by atoms with van der Waals surface area (Å²) in [6.45, 7) is 3.21. The Labute approximate surface area is 207 Å². The Balaban J connectivity index is 1.34. The summed E-state index contributed by atoms with van der Waals surface area (Å²) < 4.78 is 6.93. The minimum atomic E-state index is -0.546. The van der Waals surface area contributed by atoms with Gasteiger partial charge >= 0.3 is 5.97 Å². The normalized spacial score (nSPS) is 10.7. The van der Waals surface area contributed by atoms with Crippen LogP contribution >= 0.6 is 0 Å². The van der Waals surface area contributed by atoms with Gasteiger partial charge in [-0.3, -0.25) is 19.0 Å². The van der Waals surface area contributed by atoms with E-state index in [0.29, 0.717) is 41.0 Å². The zero-order valence-electron chi connectivity index (χ0n) is 20.0. The molecule has 2 heterocycles. The molecule has 0 bridgehead atoms. The zero-order chi connectivity index (χ0) is 25.7. The first kappa shape index (κ1) is 24.4. The Morgan fingerprint density at radius 3 is 2.58 bits per heavy atom. The number of aromatic amines is 1. The number of carbonyl (C=O) groups is 2. The minimum Gasteiger partial charge on any atom is -0.456 e. The van der Waals surface area contributed by atoms with Gasteiger partial charge in [0.15, 0.2) is 6.61 Å². The molecule has 1 amide bonds. The molecule has 0 saturated carbocycles. The number of benzene rings is 2. The van der Waals surface area contributed by atoms with Crippen LogP contribution in [0.5, 0.6) is 0 Å². The lowest BCUT2D eigenvalue weighted by Crippen LogP contribution is -2.23. The van der Waals surface area contributed by atoms with Gasteiger partial charge in [0.1, 0.15) is 17.7 Å². The highest BCUT2D eigenvalue weighted by Crippen LogP contribution is 2.29. The third-order valence-corrected chi connectivity index (χ3v) is 5.92. The van der Waals surface area contributed by atoms with Crippen molar-refractivity contribution in [2.75, 3.05) is 11.9 Å². The van der Waals surface area contributed by atoms with Gasteiger partial charge in [-0.05, 0) is 50.1 Å². The zero-order valence-corrected chi connectivity index (χ0v) is 20.0. The van der Waals surface area contributed by atoms with Crippen LogP contribution in [0.25, 0.3) is 16.6 Å². The highest BCUT2D eigenvalue weighted by molar-refractivity contribution is 5.94. The van der Waals surface area contributed by atoms with E-state index in [2.05, 4.69) is 21.4 Å². The highest BCUT2D eigenvalue weighted by atomic mass is 16.5. The number of para-hydroxylation sites is 2. The quantitative estimate of drug-likeness (QED) is 0.368. The molecule has 4 rings (SSSR count). The van der Waals surface area contributed by atoms with E-state index in [9.17, 15) is 19.6 Å². The van der Waals surface area contributed by atoms with E-state index in [1.165, 1.54) is 0 Å². The summed E-state index contributed by atoms with van der Waals surface area (Å²) >= 11 is 0. The maximum absolute atomic E-state index is 12.6. The first-order valence-corrected chi connectivity index (χ1v) is 11.5. The van der Waals surface area contributed by atoms with Crippen LogP contribution in [0, 0.1) is 25.2 Å². The summed E-state index contributed by atoms with van der Waals surface area (Å²) in [5, 5.41) is 12.9. The van der Waals surface area contributed by atoms with Gasteiger partial charge < -0.3 is 15.0 Å². The van der Waals surface area contributed by atoms with E-state index < -0.39 is 18.5 Å². The Bertz CT molecular complexity index is 1530. The van der Waals surface area contributed by atoms with Crippen LogP contribution in [0.2, 0.25) is 0 Å². The number of anilines is 1. The van der Waals surface area contributed by atoms with Crippen LogP contribution in [0.4, 0.5) is 5.82 Å². The minimum absolute atomic E-state index is 0.0614. The number of nitrogens with one attached hydrogen (secondary N) is 2. The Morgan fingerprint density at radius 1 is 1.11 bits per heavy atom. The first-order chi connectivity index (χ1) is 17.4. The Morgan fingerprint density at radius 2 is 1.83 bits per heavy atom. The van der Waals surface area contributed by atoms with E-state index in [4.69, 9.17) is 4.74 Å². The van der Waals surface area contributed by atoms with E-state index in [0.717, 1.165) is 16.9 Å². The van der Waals surface area contributed by atoms with Gasteiger partial charge in [-0.25, -0.2) is 4.98 Å². The molecular weight excluding hydrogens is 458 g/mol. The number of nitrogens with zero attached hydrogens (tertiary/aromatic N) is 3. The molecule has 0 unspecified atom stereocenters. The molecule has 9 heteroatoms. The van der Waals surface area contributed by atoms with E-state index in [1.54, 1.807) is 28.8 Å². The molecule has 0 aliphatic rings. The van der Waals surface area contributed by atoms with Crippen molar-refractivity contribution in [1.82, 2.24) is 14.5 Å². The van der Waals surface area contributed by atoms with Gasteiger partial charge in [0.25, 0.3) is 11.5 Å². The number of H-pyrrole nitrogens is 1. The van der Waals surface area contributed by atoms with Crippen molar-refractivity contribution in [2.24, 2.45) is 0 Å². The number of hydrogen-bond acceptors (Lipinski definition) is 6. The van der Waals surface area contributed by atoms with E-state index in [1.807, 2.05) is 44.2 Å². The van der Waals surface area contributed by atoms with Crippen molar-refractivity contribution in [1.29, 1.82) is 5.26 Å². The van der Waals surface area contributed by atoms with E-state index >= 15 is 0 Å². The summed E-state index contributed by atoms with van der Waals surface area (Å²) in [5.41, 5.74) is 3.11. The van der Waals surface area contributed by atoms with Gasteiger partial charge in [-0.15, -0.1) is 0 Å². The molecule has 0 aliphatic heterocycles. The summed E-state index contributed by atoms with van der Waals surface area (Å²) in [7, 11) is 0. The summed E-state index contributed by atoms with van der Waals surface area (Å²) in [4.78, 5) is 44.1. The largest absolute Gasteiger partial charge is 0.456 e. The van der Waals surface area contributed by atoms with Crippen molar-refractivity contribution in [3.05, 3.63) is 87.6 Å². The second kappa shape index (κ2) is 10.7. The molecule has 2 aromatic carbocycles. The average molecular weight is 484 g/mol. The fraction of sp³-hybridized carbons (Fsp3) is 0.222. The number of aromatic nitrogens is 3. The molecule has 9 nitrogen and oxygen atoms in total. The van der Waals surface area contributed by atoms with Gasteiger partial charge in [0.05, 0.1) is 16.5 Å². The number of nitriles is 1. The molecule has 182 valence electrons. The van der Waals surface area contributed by atoms with Crippen LogP contribution in [-0.2, 0) is 20.7 Å². The molecule has 0 radical (unpaired) electrons. The maximum Gasteiger partial charge on any atom is 0.306 e. The van der Waals surface area contributed by atoms with Gasteiger partial charge in [-0.1, -0.05) is 30.3 Å². The van der Waals surface area contributed by atoms with Crippen molar-refractivity contribution in [2.45, 2.75) is 33.1 Å². The van der Waals surface area contributed by atoms with Crippen LogP contribution in [0.15, 0.2) is 59.4 Å². The smallest absolute Gasteiger partial charge is 0.306 e. The number of aryl methyl sites for hydroxylation is 1. The van der Waals surface area contributed by atoms with Gasteiger partial charge in [0, 0.05) is 24.2 Å². The molecule has 4 aromatic rings. The Hall–Kier alpha value is -4.71. The number of fused-ring (bicyclic) bond motifs is 1. The Kier molecular flexibility index (Phi) is 7.25. The van der Waals surface area contributed by atoms with Crippen molar-refractivity contribution < 1.29 is 14.3 Å².